The molecule has 0 aromatic heterocycles. The number of benzene rings is 1. The predicted molar refractivity (Wildman–Crippen MR) is 64.7 cm³/mol. The maximum atomic E-state index is 10.0. The van der Waals surface area contributed by atoms with Crippen molar-refractivity contribution in [1.29, 1.82) is 0 Å². The minimum atomic E-state index is -0.159. The number of hydrogen-bond donors (Lipinski definition) is 2. The fourth-order valence-corrected chi connectivity index (χ4v) is 2.75. The molecule has 0 amide bonds. The Labute approximate surface area is 96.9 Å². The Morgan fingerprint density at radius 1 is 1.38 bits per heavy atom. The largest absolute Gasteiger partial charge is 0.508 e. The molecular weight excluding hydrogens is 200 g/mol. The van der Waals surface area contributed by atoms with Gasteiger partial charge in [-0.15, -0.1) is 0 Å². The fourth-order valence-electron chi connectivity index (χ4n) is 2.75. The summed E-state index contributed by atoms with van der Waals surface area (Å²) in [4.78, 5) is 0. The van der Waals surface area contributed by atoms with Crippen LogP contribution in [0.3, 0.4) is 0 Å². The van der Waals surface area contributed by atoms with Crippen molar-refractivity contribution < 1.29 is 10.2 Å². The van der Waals surface area contributed by atoms with Crippen molar-refractivity contribution >= 4 is 0 Å². The van der Waals surface area contributed by atoms with Crippen LogP contribution in [0.4, 0.5) is 0 Å². The standard InChI is InChI=1S/C14H20O2/c1-14(2,9-15)11-7-3-5-10-6-4-8-12(16)13(10)11/h4,6,8,11,15-16H,3,5,7,9H2,1-2H3. The second-order valence-electron chi connectivity index (χ2n) is 5.44. The molecule has 1 aliphatic carbocycles. The summed E-state index contributed by atoms with van der Waals surface area (Å²) in [6.45, 7) is 4.30. The molecule has 1 aromatic carbocycles. The molecule has 0 fully saturated rings. The minimum absolute atomic E-state index is 0.158. The lowest BCUT2D eigenvalue weighted by Crippen LogP contribution is -2.29. The molecule has 0 bridgehead atoms. The van der Waals surface area contributed by atoms with Gasteiger partial charge in [0.15, 0.2) is 0 Å². The number of hydrogen-bond acceptors (Lipinski definition) is 2. The summed E-state index contributed by atoms with van der Waals surface area (Å²) in [5, 5.41) is 19.5. The second kappa shape index (κ2) is 4.10. The van der Waals surface area contributed by atoms with E-state index in [2.05, 4.69) is 19.9 Å². The molecule has 0 aliphatic heterocycles. The van der Waals surface area contributed by atoms with E-state index < -0.39 is 0 Å². The van der Waals surface area contributed by atoms with Crippen molar-refractivity contribution in [3.63, 3.8) is 0 Å². The number of rotatable bonds is 2. The van der Waals surface area contributed by atoms with E-state index >= 15 is 0 Å². The zero-order valence-electron chi connectivity index (χ0n) is 10.0. The first-order valence-corrected chi connectivity index (χ1v) is 5.98. The molecule has 0 spiro atoms. The fraction of sp³-hybridized carbons (Fsp3) is 0.571. The van der Waals surface area contributed by atoms with Crippen molar-refractivity contribution in [2.75, 3.05) is 6.61 Å². The van der Waals surface area contributed by atoms with E-state index in [0.717, 1.165) is 24.8 Å². The van der Waals surface area contributed by atoms with E-state index in [1.807, 2.05) is 6.07 Å². The van der Waals surface area contributed by atoms with Gasteiger partial charge in [0.2, 0.25) is 0 Å². The smallest absolute Gasteiger partial charge is 0.119 e. The minimum Gasteiger partial charge on any atom is -0.508 e. The van der Waals surface area contributed by atoms with Crippen LogP contribution in [0.1, 0.15) is 43.7 Å². The van der Waals surface area contributed by atoms with Crippen LogP contribution in [-0.4, -0.2) is 16.8 Å². The quantitative estimate of drug-likeness (QED) is 0.804. The number of phenols is 1. The summed E-state index contributed by atoms with van der Waals surface area (Å²) in [6.07, 6.45) is 3.24. The zero-order valence-corrected chi connectivity index (χ0v) is 10.0. The lowest BCUT2D eigenvalue weighted by molar-refractivity contribution is 0.121. The predicted octanol–water partition coefficient (Wildman–Crippen LogP) is 2.83. The van der Waals surface area contributed by atoms with Gasteiger partial charge >= 0.3 is 0 Å². The molecule has 1 unspecified atom stereocenters. The number of aliphatic hydroxyl groups excluding tert-OH is 1. The summed E-state index contributed by atoms with van der Waals surface area (Å²) in [7, 11) is 0. The van der Waals surface area contributed by atoms with Crippen molar-refractivity contribution in [3.8, 4) is 5.75 Å². The van der Waals surface area contributed by atoms with E-state index in [1.54, 1.807) is 6.07 Å². The SMILES string of the molecule is CC(C)(CO)C1CCCc2cccc(O)c21. The number of phenolic OH excluding ortho intramolecular Hbond substituents is 1. The highest BCUT2D eigenvalue weighted by molar-refractivity contribution is 5.44. The number of aromatic hydroxyl groups is 1. The maximum Gasteiger partial charge on any atom is 0.119 e. The van der Waals surface area contributed by atoms with Gasteiger partial charge in [-0.2, -0.15) is 0 Å². The van der Waals surface area contributed by atoms with Crippen LogP contribution in [0.25, 0.3) is 0 Å². The lowest BCUT2D eigenvalue weighted by Gasteiger charge is -2.37. The van der Waals surface area contributed by atoms with E-state index in [-0.39, 0.29) is 17.9 Å². The summed E-state index contributed by atoms with van der Waals surface area (Å²) in [5.41, 5.74) is 2.15. The van der Waals surface area contributed by atoms with Crippen LogP contribution < -0.4 is 0 Å². The third-order valence-electron chi connectivity index (χ3n) is 3.81. The first-order chi connectivity index (χ1) is 7.56. The molecule has 2 N–H and O–H groups in total. The van der Waals surface area contributed by atoms with Gasteiger partial charge in [-0.3, -0.25) is 0 Å². The van der Waals surface area contributed by atoms with Crippen LogP contribution >= 0.6 is 0 Å². The monoisotopic (exact) mass is 220 g/mol. The average molecular weight is 220 g/mol. The molecule has 0 radical (unpaired) electrons. The highest BCUT2D eigenvalue weighted by Crippen LogP contribution is 2.46. The summed E-state index contributed by atoms with van der Waals surface area (Å²) < 4.78 is 0. The molecule has 0 heterocycles. The Balaban J connectivity index is 2.47. The first-order valence-electron chi connectivity index (χ1n) is 5.98. The molecule has 1 aliphatic rings. The van der Waals surface area contributed by atoms with Gasteiger partial charge in [-0.1, -0.05) is 26.0 Å². The van der Waals surface area contributed by atoms with Gasteiger partial charge in [-0.25, -0.2) is 0 Å². The maximum absolute atomic E-state index is 10.0. The Bertz CT molecular complexity index is 382. The zero-order chi connectivity index (χ0) is 11.8. The van der Waals surface area contributed by atoms with Crippen molar-refractivity contribution in [2.45, 2.75) is 39.0 Å². The van der Waals surface area contributed by atoms with Gasteiger partial charge < -0.3 is 10.2 Å². The van der Waals surface area contributed by atoms with Gasteiger partial charge in [0.05, 0.1) is 0 Å². The third kappa shape index (κ3) is 1.82. The highest BCUT2D eigenvalue weighted by Gasteiger charge is 2.35. The Kier molecular flexibility index (Phi) is 2.94. The molecule has 0 saturated heterocycles. The summed E-state index contributed by atoms with van der Waals surface area (Å²) >= 11 is 0. The number of aryl methyl sites for hydroxylation is 1. The van der Waals surface area contributed by atoms with Crippen molar-refractivity contribution in [1.82, 2.24) is 0 Å². The highest BCUT2D eigenvalue weighted by atomic mass is 16.3. The van der Waals surface area contributed by atoms with Crippen LogP contribution in [-0.2, 0) is 6.42 Å². The molecule has 16 heavy (non-hydrogen) atoms. The van der Waals surface area contributed by atoms with Gasteiger partial charge in [-0.05, 0) is 42.2 Å². The summed E-state index contributed by atoms with van der Waals surface area (Å²) in [6, 6.07) is 5.75. The topological polar surface area (TPSA) is 40.5 Å². The molecule has 88 valence electrons. The van der Waals surface area contributed by atoms with Gasteiger partial charge in [0, 0.05) is 12.2 Å². The normalized spacial score (nSPS) is 20.6. The van der Waals surface area contributed by atoms with Crippen LogP contribution in [0.15, 0.2) is 18.2 Å². The molecule has 1 aromatic rings. The van der Waals surface area contributed by atoms with E-state index in [4.69, 9.17) is 0 Å². The second-order valence-corrected chi connectivity index (χ2v) is 5.44. The molecule has 1 atom stereocenters. The Morgan fingerprint density at radius 3 is 2.81 bits per heavy atom. The first kappa shape index (κ1) is 11.5. The average Bonchev–Trinajstić information content (AvgIpc) is 2.29. The third-order valence-corrected chi connectivity index (χ3v) is 3.81. The van der Waals surface area contributed by atoms with Crippen molar-refractivity contribution in [3.05, 3.63) is 29.3 Å². The molecule has 0 saturated carbocycles. The van der Waals surface area contributed by atoms with Crippen molar-refractivity contribution in [2.24, 2.45) is 5.41 Å². The molecule has 2 nitrogen and oxygen atoms in total. The number of fused-ring (bicyclic) bond motifs is 1. The van der Waals surface area contributed by atoms with Crippen LogP contribution in [0.5, 0.6) is 5.75 Å². The van der Waals surface area contributed by atoms with Crippen LogP contribution in [0, 0.1) is 5.41 Å². The van der Waals surface area contributed by atoms with Gasteiger partial charge in [0.1, 0.15) is 5.75 Å². The molecular formula is C14H20O2. The molecule has 2 heteroatoms. The van der Waals surface area contributed by atoms with E-state index in [9.17, 15) is 10.2 Å². The summed E-state index contributed by atoms with van der Waals surface area (Å²) in [5.74, 6) is 0.658. The van der Waals surface area contributed by atoms with E-state index in [1.165, 1.54) is 5.56 Å². The lowest BCUT2D eigenvalue weighted by atomic mass is 9.68. The Hall–Kier alpha value is -1.02. The van der Waals surface area contributed by atoms with Crippen LogP contribution in [0.2, 0.25) is 0 Å². The number of aliphatic hydroxyl groups is 1. The van der Waals surface area contributed by atoms with Gasteiger partial charge in [0.25, 0.3) is 0 Å². The molecule has 2 rings (SSSR count). The Morgan fingerprint density at radius 2 is 2.12 bits per heavy atom. The van der Waals surface area contributed by atoms with E-state index in [0.29, 0.717) is 5.75 Å².